The number of carbonyl (C=O) groups excluding carboxylic acids is 3. The van der Waals surface area contributed by atoms with E-state index in [2.05, 4.69) is 10.6 Å². The van der Waals surface area contributed by atoms with Crippen LogP contribution < -0.4 is 10.6 Å². The molecule has 2 aliphatic rings. The highest BCUT2D eigenvalue weighted by atomic mass is 35.5. The number of aryl methyl sites for hydroxylation is 1. The number of allylic oxidation sites excluding steroid dienone is 1. The lowest BCUT2D eigenvalue weighted by Gasteiger charge is -2.35. The number of carbonyl (C=O) groups is 3. The van der Waals surface area contributed by atoms with Crippen molar-refractivity contribution < 1.29 is 19.5 Å². The molecule has 174 valence electrons. The molecule has 3 N–H and O–H groups in total. The van der Waals surface area contributed by atoms with Gasteiger partial charge in [-0.3, -0.25) is 14.4 Å². The van der Waals surface area contributed by atoms with Gasteiger partial charge in [0.25, 0.3) is 0 Å². The number of aliphatic hydroxyl groups excluding tert-OH is 1. The van der Waals surface area contributed by atoms with Crippen LogP contribution in [0.3, 0.4) is 0 Å². The standard InChI is InChI=1S/C24H32ClN3O4/c1-12(2)17(11-29)28-21(23(31)27-20-14(4)7-6-8-16(20)25)15-10-9-13(3)18(22(30)26-5)19(15)24(28)32/h6-10,12-13,15,17-19,21,29H,11H2,1-5H3,(H,26,30)(H,27,31)/t13-,15+,17+,18-,19-,21+/m1/s1. The van der Waals surface area contributed by atoms with E-state index in [0.717, 1.165) is 5.56 Å². The van der Waals surface area contributed by atoms with Crippen molar-refractivity contribution in [2.24, 2.45) is 29.6 Å². The van der Waals surface area contributed by atoms with Crippen molar-refractivity contribution in [3.63, 3.8) is 0 Å². The third kappa shape index (κ3) is 4.16. The molecule has 1 fully saturated rings. The van der Waals surface area contributed by atoms with Crippen LogP contribution in [0.25, 0.3) is 0 Å². The number of halogens is 1. The van der Waals surface area contributed by atoms with Crippen molar-refractivity contribution >= 4 is 35.0 Å². The van der Waals surface area contributed by atoms with Crippen molar-refractivity contribution in [2.45, 2.75) is 39.8 Å². The van der Waals surface area contributed by atoms with Crippen molar-refractivity contribution in [3.05, 3.63) is 40.9 Å². The molecule has 1 aromatic rings. The summed E-state index contributed by atoms with van der Waals surface area (Å²) in [6.07, 6.45) is 3.79. The molecule has 1 aromatic carbocycles. The highest BCUT2D eigenvalue weighted by Gasteiger charge is 2.58. The number of hydrogen-bond donors (Lipinski definition) is 3. The Morgan fingerprint density at radius 1 is 1.22 bits per heavy atom. The molecular formula is C24H32ClN3O4. The average molecular weight is 462 g/mol. The summed E-state index contributed by atoms with van der Waals surface area (Å²) in [7, 11) is 1.55. The Morgan fingerprint density at radius 2 is 1.91 bits per heavy atom. The molecule has 0 radical (unpaired) electrons. The van der Waals surface area contributed by atoms with Crippen molar-refractivity contribution in [1.82, 2.24) is 10.2 Å². The summed E-state index contributed by atoms with van der Waals surface area (Å²) in [5.74, 6) is -2.86. The highest BCUT2D eigenvalue weighted by molar-refractivity contribution is 6.34. The maximum Gasteiger partial charge on any atom is 0.247 e. The Labute approximate surface area is 194 Å². The molecule has 3 rings (SSSR count). The molecule has 0 bridgehead atoms. The Balaban J connectivity index is 2.07. The van der Waals surface area contributed by atoms with Gasteiger partial charge in [-0.15, -0.1) is 0 Å². The molecule has 6 atom stereocenters. The van der Waals surface area contributed by atoms with Crippen LogP contribution in [0.15, 0.2) is 30.4 Å². The smallest absolute Gasteiger partial charge is 0.247 e. The Morgan fingerprint density at radius 3 is 2.47 bits per heavy atom. The number of rotatable bonds is 6. The van der Waals surface area contributed by atoms with Crippen LogP contribution in [-0.2, 0) is 14.4 Å². The molecule has 0 spiro atoms. The fraction of sp³-hybridized carbons (Fsp3) is 0.542. The Kier molecular flexibility index (Phi) is 7.30. The monoisotopic (exact) mass is 461 g/mol. The molecule has 1 aliphatic heterocycles. The molecule has 1 heterocycles. The van der Waals surface area contributed by atoms with E-state index in [4.69, 9.17) is 11.6 Å². The van der Waals surface area contributed by atoms with Crippen LogP contribution in [0.5, 0.6) is 0 Å². The number of amides is 3. The van der Waals surface area contributed by atoms with Gasteiger partial charge in [0, 0.05) is 13.0 Å². The van der Waals surface area contributed by atoms with Gasteiger partial charge in [0.05, 0.1) is 35.2 Å². The van der Waals surface area contributed by atoms with Gasteiger partial charge in [0.2, 0.25) is 17.7 Å². The second kappa shape index (κ2) is 9.63. The minimum Gasteiger partial charge on any atom is -0.394 e. The normalized spacial score (nSPS) is 27.9. The molecule has 8 heteroatoms. The van der Waals surface area contributed by atoms with Crippen molar-refractivity contribution in [3.8, 4) is 0 Å². The molecule has 32 heavy (non-hydrogen) atoms. The van der Waals surface area contributed by atoms with Gasteiger partial charge in [-0.05, 0) is 30.4 Å². The van der Waals surface area contributed by atoms with Gasteiger partial charge < -0.3 is 20.6 Å². The van der Waals surface area contributed by atoms with Crippen LogP contribution in [0.2, 0.25) is 5.02 Å². The number of para-hydroxylation sites is 1. The van der Waals surface area contributed by atoms with Crippen molar-refractivity contribution in [1.29, 1.82) is 0 Å². The van der Waals surface area contributed by atoms with E-state index in [0.29, 0.717) is 10.7 Å². The maximum absolute atomic E-state index is 13.7. The third-order valence-corrected chi connectivity index (χ3v) is 7.13. The summed E-state index contributed by atoms with van der Waals surface area (Å²) in [4.78, 5) is 41.6. The fourth-order valence-corrected chi connectivity index (χ4v) is 5.34. The minimum atomic E-state index is -0.862. The second-order valence-electron chi connectivity index (χ2n) is 9.09. The number of aliphatic hydroxyl groups is 1. The van der Waals surface area contributed by atoms with Gasteiger partial charge in [0.15, 0.2) is 0 Å². The summed E-state index contributed by atoms with van der Waals surface area (Å²) in [5, 5.41) is 16.1. The number of anilines is 1. The van der Waals surface area contributed by atoms with Crippen molar-refractivity contribution in [2.75, 3.05) is 19.0 Å². The van der Waals surface area contributed by atoms with E-state index < -0.39 is 29.8 Å². The number of fused-ring (bicyclic) bond motifs is 1. The quantitative estimate of drug-likeness (QED) is 0.567. The molecule has 1 saturated heterocycles. The third-order valence-electron chi connectivity index (χ3n) is 6.81. The Bertz CT molecular complexity index is 912. The zero-order valence-corrected chi connectivity index (χ0v) is 19.9. The zero-order valence-electron chi connectivity index (χ0n) is 19.1. The van der Waals surface area contributed by atoms with Crippen LogP contribution in [-0.4, -0.2) is 53.5 Å². The number of benzene rings is 1. The molecule has 3 amide bonds. The van der Waals surface area contributed by atoms with E-state index in [-0.39, 0.29) is 36.2 Å². The van der Waals surface area contributed by atoms with Gasteiger partial charge in [-0.25, -0.2) is 0 Å². The van der Waals surface area contributed by atoms with E-state index in [9.17, 15) is 19.5 Å². The fourth-order valence-electron chi connectivity index (χ4n) is 5.07. The van der Waals surface area contributed by atoms with Gasteiger partial charge >= 0.3 is 0 Å². The predicted molar refractivity (Wildman–Crippen MR) is 124 cm³/mol. The largest absolute Gasteiger partial charge is 0.394 e. The summed E-state index contributed by atoms with van der Waals surface area (Å²) in [5.41, 5.74) is 1.30. The molecule has 7 nitrogen and oxygen atoms in total. The first-order valence-electron chi connectivity index (χ1n) is 11.0. The van der Waals surface area contributed by atoms with Gasteiger partial charge in [-0.2, -0.15) is 0 Å². The predicted octanol–water partition coefficient (Wildman–Crippen LogP) is 2.62. The lowest BCUT2D eigenvalue weighted by Crippen LogP contribution is -2.52. The molecule has 1 aliphatic carbocycles. The van der Waals surface area contributed by atoms with Gasteiger partial charge in [0.1, 0.15) is 6.04 Å². The summed E-state index contributed by atoms with van der Waals surface area (Å²) < 4.78 is 0. The maximum atomic E-state index is 13.7. The average Bonchev–Trinajstić information content (AvgIpc) is 3.03. The number of nitrogens with zero attached hydrogens (tertiary/aromatic N) is 1. The Hall–Kier alpha value is -2.38. The molecule has 0 saturated carbocycles. The molecular weight excluding hydrogens is 430 g/mol. The minimum absolute atomic E-state index is 0.0821. The zero-order chi connectivity index (χ0) is 23.7. The first-order valence-corrected chi connectivity index (χ1v) is 11.4. The van der Waals surface area contributed by atoms with E-state index in [1.54, 1.807) is 19.2 Å². The van der Waals surface area contributed by atoms with Crippen LogP contribution in [0.1, 0.15) is 26.3 Å². The second-order valence-corrected chi connectivity index (χ2v) is 9.50. The number of hydrogen-bond acceptors (Lipinski definition) is 4. The van der Waals surface area contributed by atoms with E-state index in [1.165, 1.54) is 4.90 Å². The highest BCUT2D eigenvalue weighted by Crippen LogP contribution is 2.45. The van der Waals surface area contributed by atoms with E-state index in [1.807, 2.05) is 45.9 Å². The number of nitrogens with one attached hydrogen (secondary N) is 2. The topological polar surface area (TPSA) is 98.7 Å². The first-order chi connectivity index (χ1) is 15.1. The molecule has 0 unspecified atom stereocenters. The van der Waals surface area contributed by atoms with Crippen LogP contribution in [0, 0.1) is 36.5 Å². The van der Waals surface area contributed by atoms with Crippen LogP contribution in [0.4, 0.5) is 5.69 Å². The summed E-state index contributed by atoms with van der Waals surface area (Å²) in [6.45, 7) is 7.27. The lowest BCUT2D eigenvalue weighted by molar-refractivity contribution is -0.143. The van der Waals surface area contributed by atoms with E-state index >= 15 is 0 Å². The SMILES string of the molecule is CNC(=O)[C@H]1[C@@H]2C(=O)N([C@@H](CO)C(C)C)[C@H](C(=O)Nc3c(C)cccc3Cl)[C@H]2C=C[C@H]1C. The lowest BCUT2D eigenvalue weighted by atomic mass is 9.70. The number of likely N-dealkylation sites (tertiary alicyclic amines) is 1. The van der Waals surface area contributed by atoms with Gasteiger partial charge in [-0.1, -0.05) is 56.7 Å². The summed E-state index contributed by atoms with van der Waals surface area (Å²) in [6, 6.07) is 3.92. The summed E-state index contributed by atoms with van der Waals surface area (Å²) >= 11 is 6.32. The van der Waals surface area contributed by atoms with Crippen LogP contribution >= 0.6 is 11.6 Å². The molecule has 0 aromatic heterocycles. The first kappa shape index (κ1) is 24.3.